The molecule has 2 aromatic rings. The molecule has 0 unspecified atom stereocenters. The lowest BCUT2D eigenvalue weighted by Gasteiger charge is -2.35. The van der Waals surface area contributed by atoms with E-state index in [4.69, 9.17) is 0 Å². The van der Waals surface area contributed by atoms with Gasteiger partial charge in [-0.05, 0) is 51.3 Å². The van der Waals surface area contributed by atoms with Gasteiger partial charge < -0.3 is 10.2 Å². The number of carbonyl (C=O) groups excluding carboxylic acids is 1. The molecule has 1 atom stereocenters. The van der Waals surface area contributed by atoms with Crippen LogP contribution in [0.3, 0.4) is 0 Å². The number of hydrogen-bond acceptors (Lipinski definition) is 4. The quantitative estimate of drug-likeness (QED) is 0.879. The molecular formula is C20H26N4O. The minimum absolute atomic E-state index is 0.0667. The molecule has 1 aromatic carbocycles. The fraction of sp³-hybridized carbons (Fsp3) is 0.450. The van der Waals surface area contributed by atoms with Gasteiger partial charge in [-0.25, -0.2) is 4.98 Å². The largest absolute Gasteiger partial charge is 0.309 e. The summed E-state index contributed by atoms with van der Waals surface area (Å²) in [4.78, 5) is 22.9. The summed E-state index contributed by atoms with van der Waals surface area (Å²) in [5.74, 6) is 0.669. The van der Waals surface area contributed by atoms with Crippen molar-refractivity contribution in [3.05, 3.63) is 54.5 Å². The molecule has 0 aliphatic carbocycles. The third-order valence-corrected chi connectivity index (χ3v) is 5.03. The first-order valence-electron chi connectivity index (χ1n) is 9.07. The summed E-state index contributed by atoms with van der Waals surface area (Å²) in [6.07, 6.45) is 8.84. The molecule has 0 radical (unpaired) electrons. The molecule has 1 fully saturated rings. The molecule has 0 bridgehead atoms. The summed E-state index contributed by atoms with van der Waals surface area (Å²) in [5.41, 5.74) is 1.40. The lowest BCUT2D eigenvalue weighted by molar-refractivity contribution is -0.121. The van der Waals surface area contributed by atoms with Crippen LogP contribution in [0.15, 0.2) is 48.9 Å². The summed E-state index contributed by atoms with van der Waals surface area (Å²) in [5, 5.41) is 2.87. The summed E-state index contributed by atoms with van der Waals surface area (Å²) in [6, 6.07) is 11.2. The second kappa shape index (κ2) is 8.72. The number of amides is 1. The topological polar surface area (TPSA) is 58.1 Å². The van der Waals surface area contributed by atoms with Gasteiger partial charge in [0.1, 0.15) is 0 Å². The summed E-state index contributed by atoms with van der Waals surface area (Å²) >= 11 is 0. The third-order valence-electron chi connectivity index (χ3n) is 5.03. The van der Waals surface area contributed by atoms with Crippen molar-refractivity contribution >= 4 is 11.7 Å². The van der Waals surface area contributed by atoms with Crippen molar-refractivity contribution in [3.63, 3.8) is 0 Å². The van der Waals surface area contributed by atoms with Crippen molar-refractivity contribution in [1.29, 1.82) is 0 Å². The van der Waals surface area contributed by atoms with E-state index in [1.807, 2.05) is 0 Å². The van der Waals surface area contributed by atoms with Crippen molar-refractivity contribution < 1.29 is 4.79 Å². The number of aryl methyl sites for hydroxylation is 1. The maximum Gasteiger partial charge on any atom is 0.228 e. The van der Waals surface area contributed by atoms with Crippen molar-refractivity contribution in [2.45, 2.75) is 38.6 Å². The van der Waals surface area contributed by atoms with Crippen molar-refractivity contribution in [3.8, 4) is 0 Å². The van der Waals surface area contributed by atoms with Crippen LogP contribution in [0, 0.1) is 5.92 Å². The number of likely N-dealkylation sites (tertiary alicyclic amines) is 1. The van der Waals surface area contributed by atoms with Crippen LogP contribution in [0.4, 0.5) is 5.82 Å². The van der Waals surface area contributed by atoms with Crippen molar-refractivity contribution in [1.82, 2.24) is 14.9 Å². The van der Waals surface area contributed by atoms with E-state index in [0.29, 0.717) is 11.9 Å². The Balaban J connectivity index is 1.42. The third kappa shape index (κ3) is 5.10. The Morgan fingerprint density at radius 3 is 2.68 bits per heavy atom. The standard InChI is InChI=1S/C20H26N4O/c1-16(7-8-17-5-3-2-4-6-17)24-13-9-18(10-14-24)20(25)23-19-15-21-11-12-22-19/h2-6,11-12,15-16,18H,7-10,13-14H2,1H3,(H,22,23,25)/t16-/m1/s1. The van der Waals surface area contributed by atoms with E-state index in [2.05, 4.69) is 57.4 Å². The Hall–Kier alpha value is -2.27. The van der Waals surface area contributed by atoms with Crippen LogP contribution in [0.5, 0.6) is 0 Å². The normalized spacial score (nSPS) is 17.2. The van der Waals surface area contributed by atoms with E-state index >= 15 is 0 Å². The molecule has 132 valence electrons. The molecule has 1 aliphatic rings. The number of nitrogens with zero attached hydrogens (tertiary/aromatic N) is 3. The zero-order valence-electron chi connectivity index (χ0n) is 14.8. The molecule has 3 rings (SSSR count). The molecule has 5 nitrogen and oxygen atoms in total. The number of piperidine rings is 1. The maximum absolute atomic E-state index is 12.4. The molecular weight excluding hydrogens is 312 g/mol. The van der Waals surface area contributed by atoms with Gasteiger partial charge in [-0.1, -0.05) is 30.3 Å². The number of hydrogen-bond donors (Lipinski definition) is 1. The van der Waals surface area contributed by atoms with Crippen LogP contribution in [0.2, 0.25) is 0 Å². The molecule has 1 amide bonds. The van der Waals surface area contributed by atoms with Crippen LogP contribution in [-0.4, -0.2) is 39.9 Å². The van der Waals surface area contributed by atoms with Crippen LogP contribution in [0.25, 0.3) is 0 Å². The monoisotopic (exact) mass is 338 g/mol. The molecule has 1 aromatic heterocycles. The van der Waals surface area contributed by atoms with Crippen LogP contribution in [-0.2, 0) is 11.2 Å². The number of nitrogens with one attached hydrogen (secondary N) is 1. The number of benzene rings is 1. The Bertz CT molecular complexity index is 654. The number of anilines is 1. The maximum atomic E-state index is 12.4. The Labute approximate surface area is 149 Å². The second-order valence-corrected chi connectivity index (χ2v) is 6.76. The average Bonchev–Trinajstić information content (AvgIpc) is 2.68. The first-order chi connectivity index (χ1) is 12.2. The van der Waals surface area contributed by atoms with Gasteiger partial charge >= 0.3 is 0 Å². The van der Waals surface area contributed by atoms with Gasteiger partial charge in [-0.2, -0.15) is 0 Å². The molecule has 0 spiro atoms. The van der Waals surface area contributed by atoms with Gasteiger partial charge in [-0.3, -0.25) is 9.78 Å². The number of rotatable bonds is 6. The number of carbonyl (C=O) groups is 1. The molecule has 1 aliphatic heterocycles. The smallest absolute Gasteiger partial charge is 0.228 e. The summed E-state index contributed by atoms with van der Waals surface area (Å²) in [7, 11) is 0. The van der Waals surface area contributed by atoms with Gasteiger partial charge in [0.25, 0.3) is 0 Å². The fourth-order valence-corrected chi connectivity index (χ4v) is 3.40. The zero-order chi connectivity index (χ0) is 17.5. The highest BCUT2D eigenvalue weighted by atomic mass is 16.1. The molecule has 2 heterocycles. The lowest BCUT2D eigenvalue weighted by atomic mass is 9.94. The van der Waals surface area contributed by atoms with Crippen molar-refractivity contribution in [2.75, 3.05) is 18.4 Å². The Morgan fingerprint density at radius 2 is 2.00 bits per heavy atom. The van der Waals surface area contributed by atoms with Gasteiger partial charge in [0.2, 0.25) is 5.91 Å². The Morgan fingerprint density at radius 1 is 1.24 bits per heavy atom. The lowest BCUT2D eigenvalue weighted by Crippen LogP contribution is -2.42. The summed E-state index contributed by atoms with van der Waals surface area (Å²) in [6.45, 7) is 4.26. The van der Waals surface area contributed by atoms with E-state index in [-0.39, 0.29) is 11.8 Å². The first-order valence-corrected chi connectivity index (χ1v) is 9.07. The SMILES string of the molecule is C[C@H](CCc1ccccc1)N1CCC(C(=O)Nc2cnccn2)CC1. The van der Waals surface area contributed by atoms with E-state index < -0.39 is 0 Å². The van der Waals surface area contributed by atoms with E-state index in [0.717, 1.165) is 38.8 Å². The first kappa shape index (κ1) is 17.5. The highest BCUT2D eigenvalue weighted by molar-refractivity contribution is 5.91. The van der Waals surface area contributed by atoms with E-state index in [1.165, 1.54) is 5.56 Å². The number of aromatic nitrogens is 2. The average molecular weight is 338 g/mol. The van der Waals surface area contributed by atoms with Gasteiger partial charge in [0.05, 0.1) is 6.20 Å². The predicted molar refractivity (Wildman–Crippen MR) is 99.2 cm³/mol. The molecule has 1 saturated heterocycles. The zero-order valence-corrected chi connectivity index (χ0v) is 14.8. The van der Waals surface area contributed by atoms with Gasteiger partial charge in [-0.15, -0.1) is 0 Å². The van der Waals surface area contributed by atoms with Crippen LogP contribution >= 0.6 is 0 Å². The van der Waals surface area contributed by atoms with Crippen LogP contribution < -0.4 is 5.32 Å². The minimum Gasteiger partial charge on any atom is -0.309 e. The van der Waals surface area contributed by atoms with E-state index in [9.17, 15) is 4.79 Å². The Kier molecular flexibility index (Phi) is 6.12. The highest BCUT2D eigenvalue weighted by Crippen LogP contribution is 2.22. The molecule has 25 heavy (non-hydrogen) atoms. The molecule has 1 N–H and O–H groups in total. The van der Waals surface area contributed by atoms with Crippen molar-refractivity contribution in [2.24, 2.45) is 5.92 Å². The van der Waals surface area contributed by atoms with Gasteiger partial charge in [0, 0.05) is 24.4 Å². The van der Waals surface area contributed by atoms with Crippen LogP contribution in [0.1, 0.15) is 31.7 Å². The molecule has 0 saturated carbocycles. The summed E-state index contributed by atoms with van der Waals surface area (Å²) < 4.78 is 0. The van der Waals surface area contributed by atoms with Gasteiger partial charge in [0.15, 0.2) is 5.82 Å². The van der Waals surface area contributed by atoms with E-state index in [1.54, 1.807) is 18.6 Å². The fourth-order valence-electron chi connectivity index (χ4n) is 3.40. The minimum atomic E-state index is 0.0667. The highest BCUT2D eigenvalue weighted by Gasteiger charge is 2.27. The predicted octanol–water partition coefficient (Wildman–Crippen LogP) is 3.15. The second-order valence-electron chi connectivity index (χ2n) is 6.76. The molecule has 5 heteroatoms.